The number of nitrogens with one attached hydrogen (secondary N) is 2. The van der Waals surface area contributed by atoms with Gasteiger partial charge in [0.15, 0.2) is 0 Å². The highest BCUT2D eigenvalue weighted by Gasteiger charge is 2.35. The van der Waals surface area contributed by atoms with Crippen molar-refractivity contribution in [2.75, 3.05) is 32.1 Å². The Balaban J connectivity index is 1.15. The van der Waals surface area contributed by atoms with Gasteiger partial charge in [0.1, 0.15) is 5.75 Å². The van der Waals surface area contributed by atoms with Crippen molar-refractivity contribution in [3.63, 3.8) is 0 Å². The molecule has 3 aliphatic heterocycles. The summed E-state index contributed by atoms with van der Waals surface area (Å²) in [5.41, 5.74) is 7.56. The highest BCUT2D eigenvalue weighted by atomic mass is 16.5. The van der Waals surface area contributed by atoms with E-state index in [9.17, 15) is 4.79 Å². The van der Waals surface area contributed by atoms with Gasteiger partial charge in [-0.3, -0.25) is 9.48 Å². The Labute approximate surface area is 233 Å². The van der Waals surface area contributed by atoms with Crippen molar-refractivity contribution < 1.29 is 9.53 Å². The summed E-state index contributed by atoms with van der Waals surface area (Å²) in [6.07, 6.45) is 5.92. The first-order chi connectivity index (χ1) is 19.6. The number of hydrogen-bond acceptors (Lipinski definition) is 7. The average molecular weight is 536 g/mol. The molecule has 4 aromatic rings. The van der Waals surface area contributed by atoms with Crippen LogP contribution in [0.3, 0.4) is 0 Å². The molecular weight excluding hydrogens is 502 g/mol. The largest absolute Gasteiger partial charge is 0.495 e. The highest BCUT2D eigenvalue weighted by molar-refractivity contribution is 5.95. The van der Waals surface area contributed by atoms with Crippen LogP contribution >= 0.6 is 0 Å². The first-order valence-electron chi connectivity index (χ1n) is 14.0. The maximum absolute atomic E-state index is 13.1. The number of hydrogen-bond donors (Lipinski definition) is 2. The molecule has 0 unspecified atom stereocenters. The van der Waals surface area contributed by atoms with Gasteiger partial charge in [0.25, 0.3) is 5.91 Å². The maximum atomic E-state index is 13.1. The summed E-state index contributed by atoms with van der Waals surface area (Å²) in [5, 5.41) is 11.4. The molecular formula is C31H33N7O2. The van der Waals surface area contributed by atoms with E-state index >= 15 is 0 Å². The molecule has 40 heavy (non-hydrogen) atoms. The third kappa shape index (κ3) is 4.40. The van der Waals surface area contributed by atoms with Crippen molar-refractivity contribution in [2.24, 2.45) is 13.0 Å². The third-order valence-electron chi connectivity index (χ3n) is 8.58. The van der Waals surface area contributed by atoms with E-state index in [1.807, 2.05) is 48.3 Å². The van der Waals surface area contributed by atoms with Crippen molar-refractivity contribution in [1.29, 1.82) is 0 Å². The van der Waals surface area contributed by atoms with Gasteiger partial charge in [-0.2, -0.15) is 5.10 Å². The Hall–Kier alpha value is -4.24. The van der Waals surface area contributed by atoms with Crippen LogP contribution in [0.5, 0.6) is 5.75 Å². The van der Waals surface area contributed by atoms with Crippen LogP contribution in [0.4, 0.5) is 11.6 Å². The first-order valence-corrected chi connectivity index (χ1v) is 14.0. The van der Waals surface area contributed by atoms with Crippen LogP contribution in [0, 0.1) is 5.92 Å². The van der Waals surface area contributed by atoms with Gasteiger partial charge in [0, 0.05) is 42.5 Å². The van der Waals surface area contributed by atoms with Crippen LogP contribution in [-0.4, -0.2) is 63.3 Å². The van der Waals surface area contributed by atoms with E-state index in [-0.39, 0.29) is 11.9 Å². The lowest BCUT2D eigenvalue weighted by Gasteiger charge is -2.44. The van der Waals surface area contributed by atoms with Gasteiger partial charge < -0.3 is 20.3 Å². The fourth-order valence-corrected chi connectivity index (χ4v) is 6.49. The van der Waals surface area contributed by atoms with Crippen LogP contribution in [0.2, 0.25) is 0 Å². The zero-order chi connectivity index (χ0) is 27.2. The Bertz CT molecular complexity index is 1570. The molecule has 0 saturated carbocycles. The van der Waals surface area contributed by atoms with Crippen LogP contribution in [0.15, 0.2) is 54.7 Å². The minimum atomic E-state index is -0.0637. The molecule has 3 fully saturated rings. The Morgan fingerprint density at radius 1 is 1.07 bits per heavy atom. The number of aromatic nitrogens is 4. The smallest absolute Gasteiger partial charge is 0.251 e. The molecule has 4 aliphatic rings. The summed E-state index contributed by atoms with van der Waals surface area (Å²) in [4.78, 5) is 25.1. The zero-order valence-electron chi connectivity index (χ0n) is 22.9. The number of fused-ring (bicyclic) bond motifs is 6. The molecule has 204 valence electrons. The van der Waals surface area contributed by atoms with E-state index in [2.05, 4.69) is 32.7 Å². The number of carbonyl (C=O) groups excluding carboxylic acids is 1. The maximum Gasteiger partial charge on any atom is 0.251 e. The van der Waals surface area contributed by atoms with Gasteiger partial charge in [0.2, 0.25) is 5.95 Å². The molecule has 1 aliphatic carbocycles. The van der Waals surface area contributed by atoms with Gasteiger partial charge in [-0.1, -0.05) is 30.3 Å². The molecule has 2 aromatic heterocycles. The normalized spacial score (nSPS) is 20.9. The standard InChI is InChI=1S/C31H33N7O2/c1-37-29(20-6-4-3-5-7-20)27-24(36-37)11-9-22-17-32-31(35-28(22)27)34-23-10-8-21(16-26(23)40-2)30(39)33-25-18-38-14-12-19(25)13-15-38/h3-8,10,16-17,19,25H,9,11-15,18H2,1-2H3,(H,33,39)(H,32,34,35)/t25-/m1/s1. The number of aryl methyl sites for hydroxylation is 3. The number of anilines is 2. The van der Waals surface area contributed by atoms with Crippen molar-refractivity contribution >= 4 is 17.5 Å². The summed E-state index contributed by atoms with van der Waals surface area (Å²) in [6, 6.07) is 16.0. The van der Waals surface area contributed by atoms with E-state index < -0.39 is 0 Å². The number of nitrogens with zero attached hydrogens (tertiary/aromatic N) is 5. The first kappa shape index (κ1) is 24.8. The predicted molar refractivity (Wildman–Crippen MR) is 154 cm³/mol. The molecule has 1 amide bonds. The second-order valence-electron chi connectivity index (χ2n) is 11.0. The molecule has 1 atom stereocenters. The molecule has 2 bridgehead atoms. The van der Waals surface area contributed by atoms with Gasteiger partial charge in [-0.25, -0.2) is 9.97 Å². The second-order valence-corrected chi connectivity index (χ2v) is 11.0. The van der Waals surface area contributed by atoms with Crippen molar-refractivity contribution in [1.82, 2.24) is 30.0 Å². The molecule has 0 radical (unpaired) electrons. The summed E-state index contributed by atoms with van der Waals surface area (Å²) in [6.45, 7) is 3.23. The Kier molecular flexibility index (Phi) is 6.23. The summed E-state index contributed by atoms with van der Waals surface area (Å²) >= 11 is 0. The monoisotopic (exact) mass is 535 g/mol. The number of piperidine rings is 3. The summed E-state index contributed by atoms with van der Waals surface area (Å²) < 4.78 is 7.63. The molecule has 9 heteroatoms. The summed E-state index contributed by atoms with van der Waals surface area (Å²) in [7, 11) is 3.59. The third-order valence-corrected chi connectivity index (χ3v) is 8.58. The molecule has 3 saturated heterocycles. The van der Waals surface area contributed by atoms with E-state index in [0.29, 0.717) is 28.9 Å². The quantitative estimate of drug-likeness (QED) is 0.382. The van der Waals surface area contributed by atoms with E-state index in [1.165, 1.54) is 0 Å². The average Bonchev–Trinajstić information content (AvgIpc) is 3.34. The predicted octanol–water partition coefficient (Wildman–Crippen LogP) is 4.22. The van der Waals surface area contributed by atoms with Crippen LogP contribution in [0.1, 0.15) is 34.5 Å². The number of carbonyl (C=O) groups is 1. The highest BCUT2D eigenvalue weighted by Crippen LogP contribution is 2.40. The van der Waals surface area contributed by atoms with E-state index in [0.717, 1.165) is 79.1 Å². The van der Waals surface area contributed by atoms with Gasteiger partial charge in [0.05, 0.1) is 29.9 Å². The van der Waals surface area contributed by atoms with Crippen molar-refractivity contribution in [3.05, 3.63) is 71.5 Å². The Morgan fingerprint density at radius 3 is 2.65 bits per heavy atom. The minimum Gasteiger partial charge on any atom is -0.495 e. The fourth-order valence-electron chi connectivity index (χ4n) is 6.49. The minimum absolute atomic E-state index is 0.0637. The lowest BCUT2D eigenvalue weighted by atomic mass is 9.84. The lowest BCUT2D eigenvalue weighted by Crippen LogP contribution is -2.57. The fraction of sp³-hybridized carbons (Fsp3) is 0.355. The van der Waals surface area contributed by atoms with Crippen molar-refractivity contribution in [2.45, 2.75) is 31.7 Å². The molecule has 8 rings (SSSR count). The zero-order valence-corrected chi connectivity index (χ0v) is 22.9. The number of methoxy groups -OCH3 is 1. The SMILES string of the molecule is COc1cc(C(=O)N[C@@H]2CN3CCC2CC3)ccc1Nc1ncc2c(n1)-c1c(nn(C)c1-c1ccccc1)CC2. The van der Waals surface area contributed by atoms with Gasteiger partial charge >= 0.3 is 0 Å². The molecule has 9 nitrogen and oxygen atoms in total. The molecule has 0 spiro atoms. The van der Waals surface area contributed by atoms with Crippen molar-refractivity contribution in [3.8, 4) is 28.3 Å². The number of amides is 1. The van der Waals surface area contributed by atoms with Gasteiger partial charge in [-0.15, -0.1) is 0 Å². The van der Waals surface area contributed by atoms with Gasteiger partial charge in [-0.05, 0) is 68.5 Å². The lowest BCUT2D eigenvalue weighted by molar-refractivity contribution is 0.0620. The van der Waals surface area contributed by atoms with E-state index in [4.69, 9.17) is 14.8 Å². The van der Waals surface area contributed by atoms with Crippen LogP contribution in [0.25, 0.3) is 22.5 Å². The molecule has 2 N–H and O–H groups in total. The van der Waals surface area contributed by atoms with Crippen LogP contribution in [-0.2, 0) is 19.9 Å². The summed E-state index contributed by atoms with van der Waals surface area (Å²) in [5.74, 6) is 1.54. The topological polar surface area (TPSA) is 97.2 Å². The Morgan fingerprint density at radius 2 is 1.90 bits per heavy atom. The second kappa shape index (κ2) is 10.1. The molecule has 2 aromatic carbocycles. The molecule has 5 heterocycles. The van der Waals surface area contributed by atoms with Crippen LogP contribution < -0.4 is 15.4 Å². The number of benzene rings is 2. The number of rotatable bonds is 6. The van der Waals surface area contributed by atoms with E-state index in [1.54, 1.807) is 13.2 Å². The number of ether oxygens (including phenoxy) is 1.